The van der Waals surface area contributed by atoms with Crippen LogP contribution in [-0.4, -0.2) is 27.2 Å². The summed E-state index contributed by atoms with van der Waals surface area (Å²) in [4.78, 5) is 16.2. The first-order valence-electron chi connectivity index (χ1n) is 6.12. The van der Waals surface area contributed by atoms with Gasteiger partial charge in [-0.25, -0.2) is 4.98 Å². The van der Waals surface area contributed by atoms with Gasteiger partial charge in [0.1, 0.15) is 11.6 Å². The Hall–Kier alpha value is -2.37. The lowest BCUT2D eigenvalue weighted by Gasteiger charge is -2.06. The van der Waals surface area contributed by atoms with Crippen LogP contribution in [0.15, 0.2) is 24.4 Å². The number of amides is 1. The van der Waals surface area contributed by atoms with Crippen molar-refractivity contribution in [3.05, 3.63) is 35.7 Å². The van der Waals surface area contributed by atoms with E-state index in [9.17, 15) is 4.79 Å². The zero-order valence-corrected chi connectivity index (χ0v) is 11.3. The molecule has 1 amide bonds. The third-order valence-corrected chi connectivity index (χ3v) is 2.63. The van der Waals surface area contributed by atoms with Crippen LogP contribution in [0.2, 0.25) is 0 Å². The Bertz CT molecular complexity index is 573. The summed E-state index contributed by atoms with van der Waals surface area (Å²) in [6.07, 6.45) is 1.55. The number of hydrogen-bond acceptors (Lipinski definition) is 4. The van der Waals surface area contributed by atoms with Crippen molar-refractivity contribution in [3.63, 3.8) is 0 Å². The lowest BCUT2D eigenvalue weighted by atomic mass is 10.2. The van der Waals surface area contributed by atoms with Gasteiger partial charge in [-0.1, -0.05) is 0 Å². The maximum atomic E-state index is 12.0. The first kappa shape index (κ1) is 13.1. The van der Waals surface area contributed by atoms with Crippen LogP contribution in [0.3, 0.4) is 0 Å². The Morgan fingerprint density at radius 3 is 2.74 bits per heavy atom. The van der Waals surface area contributed by atoms with Crippen molar-refractivity contribution in [2.45, 2.75) is 13.8 Å². The monoisotopic (exact) mass is 259 g/mol. The second kappa shape index (κ2) is 5.51. The minimum absolute atomic E-state index is 0.196. The summed E-state index contributed by atoms with van der Waals surface area (Å²) in [6.45, 7) is 4.67. The van der Waals surface area contributed by atoms with E-state index >= 15 is 0 Å². The molecule has 19 heavy (non-hydrogen) atoms. The number of anilines is 2. The lowest BCUT2D eigenvalue weighted by Crippen LogP contribution is -2.15. The predicted octanol–water partition coefficient (Wildman–Crippen LogP) is 1.81. The zero-order valence-electron chi connectivity index (χ0n) is 11.3. The van der Waals surface area contributed by atoms with E-state index in [0.29, 0.717) is 11.4 Å². The van der Waals surface area contributed by atoms with Gasteiger partial charge < -0.3 is 10.6 Å². The zero-order chi connectivity index (χ0) is 13.8. The fourth-order valence-electron chi connectivity index (χ4n) is 1.73. The average Bonchev–Trinajstić information content (AvgIpc) is 2.69. The first-order chi connectivity index (χ1) is 9.10. The summed E-state index contributed by atoms with van der Waals surface area (Å²) < 4.78 is 1.63. The van der Waals surface area contributed by atoms with Crippen molar-refractivity contribution in [2.24, 2.45) is 7.05 Å². The van der Waals surface area contributed by atoms with Gasteiger partial charge >= 0.3 is 0 Å². The Morgan fingerprint density at radius 1 is 1.42 bits per heavy atom. The van der Waals surface area contributed by atoms with Gasteiger partial charge in [0.25, 0.3) is 5.91 Å². The van der Waals surface area contributed by atoms with Gasteiger partial charge in [0.2, 0.25) is 0 Å². The molecular formula is C13H17N5O. The smallest absolute Gasteiger partial charge is 0.258 e. The topological polar surface area (TPSA) is 71.8 Å². The molecule has 100 valence electrons. The van der Waals surface area contributed by atoms with E-state index in [2.05, 4.69) is 20.7 Å². The van der Waals surface area contributed by atoms with Crippen molar-refractivity contribution in [3.8, 4) is 0 Å². The van der Waals surface area contributed by atoms with Gasteiger partial charge in [-0.15, -0.1) is 0 Å². The van der Waals surface area contributed by atoms with E-state index < -0.39 is 0 Å². The van der Waals surface area contributed by atoms with Crippen LogP contribution < -0.4 is 10.6 Å². The van der Waals surface area contributed by atoms with Gasteiger partial charge in [0.05, 0.1) is 11.3 Å². The molecule has 0 aliphatic rings. The molecule has 0 saturated carbocycles. The number of pyridine rings is 1. The van der Waals surface area contributed by atoms with E-state index in [4.69, 9.17) is 0 Å². The van der Waals surface area contributed by atoms with Crippen LogP contribution in [0.5, 0.6) is 0 Å². The van der Waals surface area contributed by atoms with Gasteiger partial charge in [0, 0.05) is 25.9 Å². The molecule has 0 saturated heterocycles. The van der Waals surface area contributed by atoms with Gasteiger partial charge in [-0.2, -0.15) is 5.10 Å². The van der Waals surface area contributed by atoms with Crippen LogP contribution in [-0.2, 0) is 7.05 Å². The van der Waals surface area contributed by atoms with Gasteiger partial charge in [0.15, 0.2) is 0 Å². The lowest BCUT2D eigenvalue weighted by molar-refractivity contribution is 0.102. The summed E-state index contributed by atoms with van der Waals surface area (Å²) in [5.74, 6) is 1.23. The Morgan fingerprint density at radius 2 is 2.21 bits per heavy atom. The van der Waals surface area contributed by atoms with Gasteiger partial charge in [-0.3, -0.25) is 9.48 Å². The largest absolute Gasteiger partial charge is 0.370 e. The Labute approximate surface area is 111 Å². The van der Waals surface area contributed by atoms with Crippen LogP contribution in [0.4, 0.5) is 11.6 Å². The summed E-state index contributed by atoms with van der Waals surface area (Å²) in [5.41, 5.74) is 1.37. The first-order valence-corrected chi connectivity index (χ1v) is 6.12. The second-order valence-corrected chi connectivity index (χ2v) is 4.21. The maximum Gasteiger partial charge on any atom is 0.258 e. The van der Waals surface area contributed by atoms with Crippen molar-refractivity contribution in [1.29, 1.82) is 0 Å². The number of carbonyl (C=O) groups is 1. The summed E-state index contributed by atoms with van der Waals surface area (Å²) >= 11 is 0. The number of nitrogens with zero attached hydrogens (tertiary/aromatic N) is 3. The molecule has 2 aromatic heterocycles. The number of aromatic nitrogens is 3. The van der Waals surface area contributed by atoms with E-state index in [1.54, 1.807) is 30.1 Å². The minimum atomic E-state index is -0.196. The molecule has 0 radical (unpaired) electrons. The molecule has 0 aromatic carbocycles. The quantitative estimate of drug-likeness (QED) is 0.878. The molecule has 2 heterocycles. The fraction of sp³-hybridized carbons (Fsp3) is 0.308. The van der Waals surface area contributed by atoms with Gasteiger partial charge in [-0.05, 0) is 26.0 Å². The molecule has 0 aliphatic heterocycles. The standard InChI is InChI=1S/C13H17N5O/c1-4-14-11-6-5-10(8-15-11)13(19)16-12-7-9(2)17-18(12)3/h5-8H,4H2,1-3H3,(H,14,15)(H,16,19). The van der Waals surface area contributed by atoms with E-state index in [-0.39, 0.29) is 5.91 Å². The molecule has 6 heteroatoms. The number of hydrogen-bond donors (Lipinski definition) is 2. The second-order valence-electron chi connectivity index (χ2n) is 4.21. The number of rotatable bonds is 4. The number of nitrogens with one attached hydrogen (secondary N) is 2. The molecule has 2 N–H and O–H groups in total. The third kappa shape index (κ3) is 3.09. The van der Waals surface area contributed by atoms with E-state index in [0.717, 1.165) is 18.1 Å². The highest BCUT2D eigenvalue weighted by atomic mass is 16.1. The molecule has 2 rings (SSSR count). The Kier molecular flexibility index (Phi) is 3.79. The summed E-state index contributed by atoms with van der Waals surface area (Å²) in [7, 11) is 1.79. The van der Waals surface area contributed by atoms with Crippen molar-refractivity contribution >= 4 is 17.5 Å². The van der Waals surface area contributed by atoms with Crippen LogP contribution in [0.25, 0.3) is 0 Å². The summed E-state index contributed by atoms with van der Waals surface area (Å²) in [5, 5.41) is 10.1. The average molecular weight is 259 g/mol. The summed E-state index contributed by atoms with van der Waals surface area (Å²) in [6, 6.07) is 5.34. The SMILES string of the molecule is CCNc1ccc(C(=O)Nc2cc(C)nn2C)cn1. The highest BCUT2D eigenvalue weighted by molar-refractivity contribution is 6.03. The molecule has 0 fully saturated rings. The molecule has 2 aromatic rings. The molecule has 0 spiro atoms. The molecule has 0 unspecified atom stereocenters. The molecule has 6 nitrogen and oxygen atoms in total. The number of aryl methyl sites for hydroxylation is 2. The van der Waals surface area contributed by atoms with Crippen LogP contribution in [0, 0.1) is 6.92 Å². The maximum absolute atomic E-state index is 12.0. The van der Waals surface area contributed by atoms with Crippen molar-refractivity contribution in [2.75, 3.05) is 17.2 Å². The molecule has 0 bridgehead atoms. The van der Waals surface area contributed by atoms with Crippen molar-refractivity contribution < 1.29 is 4.79 Å². The van der Waals surface area contributed by atoms with E-state index in [1.807, 2.05) is 19.9 Å². The minimum Gasteiger partial charge on any atom is -0.370 e. The molecular weight excluding hydrogens is 242 g/mol. The van der Waals surface area contributed by atoms with Crippen molar-refractivity contribution in [1.82, 2.24) is 14.8 Å². The van der Waals surface area contributed by atoms with Crippen LogP contribution >= 0.6 is 0 Å². The van der Waals surface area contributed by atoms with Crippen LogP contribution in [0.1, 0.15) is 23.0 Å². The highest BCUT2D eigenvalue weighted by Gasteiger charge is 2.09. The fourth-order valence-corrected chi connectivity index (χ4v) is 1.73. The third-order valence-electron chi connectivity index (χ3n) is 2.63. The molecule has 0 atom stereocenters. The number of carbonyl (C=O) groups excluding carboxylic acids is 1. The molecule has 0 aliphatic carbocycles. The predicted molar refractivity (Wildman–Crippen MR) is 74.3 cm³/mol. The highest BCUT2D eigenvalue weighted by Crippen LogP contribution is 2.11. The Balaban J connectivity index is 2.09. The normalized spacial score (nSPS) is 10.3. The van der Waals surface area contributed by atoms with E-state index in [1.165, 1.54) is 0 Å².